The first kappa shape index (κ1) is 12.2. The summed E-state index contributed by atoms with van der Waals surface area (Å²) < 4.78 is 0. The van der Waals surface area contributed by atoms with E-state index in [-0.39, 0.29) is 5.91 Å². The molecule has 6 heteroatoms. The second-order valence-electron chi connectivity index (χ2n) is 4.07. The summed E-state index contributed by atoms with van der Waals surface area (Å²) in [6, 6.07) is 1.74. The maximum Gasteiger partial charge on any atom is 0.253 e. The van der Waals surface area contributed by atoms with Crippen LogP contribution in [0.2, 0.25) is 0 Å². The smallest absolute Gasteiger partial charge is 0.253 e. The van der Waals surface area contributed by atoms with Crippen LogP contribution in [0.1, 0.15) is 27.4 Å². The van der Waals surface area contributed by atoms with Gasteiger partial charge in [-0.1, -0.05) is 0 Å². The second kappa shape index (κ2) is 5.39. The van der Waals surface area contributed by atoms with Gasteiger partial charge in [-0.05, 0) is 19.9 Å². The Bertz CT molecular complexity index is 535. The Labute approximate surface area is 105 Å². The minimum atomic E-state index is -0.120. The zero-order chi connectivity index (χ0) is 13.0. The summed E-state index contributed by atoms with van der Waals surface area (Å²) in [5, 5.41) is 10.7. The summed E-state index contributed by atoms with van der Waals surface area (Å²) in [6.45, 7) is 4.14. The predicted molar refractivity (Wildman–Crippen MR) is 66.1 cm³/mol. The first-order chi connectivity index (χ1) is 8.66. The minimum Gasteiger partial charge on any atom is -0.352 e. The summed E-state index contributed by atoms with van der Waals surface area (Å²) >= 11 is 0. The van der Waals surface area contributed by atoms with Gasteiger partial charge in [0.2, 0.25) is 0 Å². The second-order valence-corrected chi connectivity index (χ2v) is 4.07. The third-order valence-corrected chi connectivity index (χ3v) is 2.58. The number of aryl methyl sites for hydroxylation is 2. The lowest BCUT2D eigenvalue weighted by molar-refractivity contribution is 0.0952. The number of carbonyl (C=O) groups excluding carboxylic acids is 1. The molecule has 0 fully saturated rings. The Morgan fingerprint density at radius 1 is 1.39 bits per heavy atom. The van der Waals surface area contributed by atoms with Gasteiger partial charge in [0.25, 0.3) is 5.91 Å². The molecule has 18 heavy (non-hydrogen) atoms. The Balaban J connectivity index is 1.93. The third kappa shape index (κ3) is 2.91. The summed E-state index contributed by atoms with van der Waals surface area (Å²) in [5.41, 5.74) is 2.95. The number of aromatic nitrogens is 4. The minimum absolute atomic E-state index is 0.120. The number of carbonyl (C=O) groups is 1. The normalized spacial score (nSPS) is 10.3. The molecule has 2 aromatic rings. The van der Waals surface area contributed by atoms with Gasteiger partial charge in [-0.25, -0.2) is 4.98 Å². The van der Waals surface area contributed by atoms with E-state index in [1.807, 2.05) is 6.92 Å². The molecule has 0 spiro atoms. The Hall–Kier alpha value is -2.24. The standard InChI is InChI=1S/C12H15N5O/c1-8-5-11(9(2)17-16-8)12(18)14-4-3-10-6-13-7-15-10/h5-7H,3-4H2,1-2H3,(H,13,15)(H,14,18). The van der Waals surface area contributed by atoms with Crippen LogP contribution in [0.25, 0.3) is 0 Å². The van der Waals surface area contributed by atoms with E-state index in [0.717, 1.165) is 17.8 Å². The van der Waals surface area contributed by atoms with Gasteiger partial charge in [-0.15, -0.1) is 0 Å². The molecule has 0 aliphatic heterocycles. The van der Waals surface area contributed by atoms with E-state index in [1.165, 1.54) is 0 Å². The van der Waals surface area contributed by atoms with Gasteiger partial charge >= 0.3 is 0 Å². The van der Waals surface area contributed by atoms with Crippen molar-refractivity contribution >= 4 is 5.91 Å². The molecule has 94 valence electrons. The van der Waals surface area contributed by atoms with E-state index in [0.29, 0.717) is 17.8 Å². The fourth-order valence-corrected chi connectivity index (χ4v) is 1.61. The Morgan fingerprint density at radius 2 is 2.22 bits per heavy atom. The molecule has 0 saturated carbocycles. The molecule has 0 radical (unpaired) electrons. The van der Waals surface area contributed by atoms with E-state index in [2.05, 4.69) is 25.5 Å². The van der Waals surface area contributed by atoms with Crippen LogP contribution in [0.3, 0.4) is 0 Å². The number of rotatable bonds is 4. The van der Waals surface area contributed by atoms with Gasteiger partial charge < -0.3 is 10.3 Å². The topological polar surface area (TPSA) is 83.6 Å². The fourth-order valence-electron chi connectivity index (χ4n) is 1.61. The van der Waals surface area contributed by atoms with Crippen molar-refractivity contribution in [2.24, 2.45) is 0 Å². The number of amides is 1. The van der Waals surface area contributed by atoms with Crippen LogP contribution in [-0.4, -0.2) is 32.6 Å². The van der Waals surface area contributed by atoms with E-state index < -0.39 is 0 Å². The van der Waals surface area contributed by atoms with Crippen molar-refractivity contribution in [2.75, 3.05) is 6.54 Å². The first-order valence-corrected chi connectivity index (χ1v) is 5.73. The van der Waals surface area contributed by atoms with Crippen LogP contribution in [0.5, 0.6) is 0 Å². The molecule has 0 bridgehead atoms. The number of aromatic amines is 1. The zero-order valence-electron chi connectivity index (χ0n) is 10.4. The average Bonchev–Trinajstić information content (AvgIpc) is 2.85. The molecule has 2 heterocycles. The lowest BCUT2D eigenvalue weighted by atomic mass is 10.2. The highest BCUT2D eigenvalue weighted by Crippen LogP contribution is 2.04. The average molecular weight is 245 g/mol. The largest absolute Gasteiger partial charge is 0.352 e. The van der Waals surface area contributed by atoms with Crippen LogP contribution in [0.4, 0.5) is 0 Å². The van der Waals surface area contributed by atoms with E-state index in [9.17, 15) is 4.79 Å². The van der Waals surface area contributed by atoms with Crippen LogP contribution < -0.4 is 5.32 Å². The fraction of sp³-hybridized carbons (Fsp3) is 0.333. The molecule has 0 aromatic carbocycles. The number of imidazole rings is 1. The maximum absolute atomic E-state index is 11.9. The molecule has 0 atom stereocenters. The summed E-state index contributed by atoms with van der Waals surface area (Å²) in [4.78, 5) is 18.8. The van der Waals surface area contributed by atoms with Crippen molar-refractivity contribution in [1.82, 2.24) is 25.5 Å². The van der Waals surface area contributed by atoms with Crippen molar-refractivity contribution < 1.29 is 4.79 Å². The van der Waals surface area contributed by atoms with Gasteiger partial charge in [0.1, 0.15) is 0 Å². The molecule has 0 aliphatic rings. The molecule has 0 saturated heterocycles. The van der Waals surface area contributed by atoms with Gasteiger partial charge in [0, 0.05) is 24.9 Å². The SMILES string of the molecule is Cc1cc(C(=O)NCCc2cnc[nH]2)c(C)nn1. The monoisotopic (exact) mass is 245 g/mol. The molecule has 0 aliphatic carbocycles. The van der Waals surface area contributed by atoms with E-state index >= 15 is 0 Å². The third-order valence-electron chi connectivity index (χ3n) is 2.58. The quantitative estimate of drug-likeness (QED) is 0.834. The predicted octanol–water partition coefficient (Wildman–Crippen LogP) is 0.789. The molecule has 6 nitrogen and oxygen atoms in total. The number of nitrogens with zero attached hydrogens (tertiary/aromatic N) is 3. The molecular weight excluding hydrogens is 230 g/mol. The van der Waals surface area contributed by atoms with Gasteiger partial charge in [-0.2, -0.15) is 10.2 Å². The van der Waals surface area contributed by atoms with Gasteiger partial charge in [0.15, 0.2) is 0 Å². The number of hydrogen-bond acceptors (Lipinski definition) is 4. The van der Waals surface area contributed by atoms with Crippen LogP contribution in [0.15, 0.2) is 18.6 Å². The van der Waals surface area contributed by atoms with Crippen LogP contribution in [0, 0.1) is 13.8 Å². The molecule has 0 unspecified atom stereocenters. The van der Waals surface area contributed by atoms with E-state index in [1.54, 1.807) is 25.5 Å². The maximum atomic E-state index is 11.9. The summed E-state index contributed by atoms with van der Waals surface area (Å²) in [5.74, 6) is -0.120. The van der Waals surface area contributed by atoms with Gasteiger partial charge in [-0.3, -0.25) is 4.79 Å². The molecule has 1 amide bonds. The van der Waals surface area contributed by atoms with Crippen molar-refractivity contribution in [3.8, 4) is 0 Å². The number of nitrogens with one attached hydrogen (secondary N) is 2. The van der Waals surface area contributed by atoms with Crippen LogP contribution in [-0.2, 0) is 6.42 Å². The van der Waals surface area contributed by atoms with Crippen LogP contribution >= 0.6 is 0 Å². The molecule has 2 aromatic heterocycles. The highest BCUT2D eigenvalue weighted by atomic mass is 16.1. The first-order valence-electron chi connectivity index (χ1n) is 5.73. The Kier molecular flexibility index (Phi) is 3.66. The van der Waals surface area contributed by atoms with Crippen molar-refractivity contribution in [1.29, 1.82) is 0 Å². The van der Waals surface area contributed by atoms with Gasteiger partial charge in [0.05, 0.1) is 23.3 Å². The highest BCUT2D eigenvalue weighted by Gasteiger charge is 2.10. The molecule has 2 rings (SSSR count). The lowest BCUT2D eigenvalue weighted by Crippen LogP contribution is -2.27. The van der Waals surface area contributed by atoms with Crippen molar-refractivity contribution in [3.63, 3.8) is 0 Å². The van der Waals surface area contributed by atoms with Crippen molar-refractivity contribution in [3.05, 3.63) is 41.2 Å². The highest BCUT2D eigenvalue weighted by molar-refractivity contribution is 5.95. The summed E-state index contributed by atoms with van der Waals surface area (Å²) in [7, 11) is 0. The summed E-state index contributed by atoms with van der Waals surface area (Å²) in [6.07, 6.45) is 4.09. The Morgan fingerprint density at radius 3 is 2.94 bits per heavy atom. The molecular formula is C12H15N5O. The lowest BCUT2D eigenvalue weighted by Gasteiger charge is -2.06. The van der Waals surface area contributed by atoms with E-state index in [4.69, 9.17) is 0 Å². The zero-order valence-corrected chi connectivity index (χ0v) is 10.4. The van der Waals surface area contributed by atoms with Crippen molar-refractivity contribution in [2.45, 2.75) is 20.3 Å². The number of hydrogen-bond donors (Lipinski definition) is 2. The number of H-pyrrole nitrogens is 1. The molecule has 2 N–H and O–H groups in total.